The minimum Gasteiger partial charge on any atom is -0.399 e. The maximum atomic E-state index is 7.04. The Labute approximate surface area is 308 Å². The maximum Gasteiger partial charge on any atom is 0.387 e. The lowest BCUT2D eigenvalue weighted by Crippen LogP contribution is -2.24. The molecule has 0 saturated heterocycles. The topological polar surface area (TPSA) is 35.5 Å². The minimum absolute atomic E-state index is 0.0110. The van der Waals surface area contributed by atoms with Gasteiger partial charge in [-0.25, -0.2) is 0 Å². The first-order valence-electron chi connectivity index (χ1n) is 20.2. The van der Waals surface area contributed by atoms with Crippen molar-refractivity contribution in [1.29, 1.82) is 0 Å². The summed E-state index contributed by atoms with van der Waals surface area (Å²) in [5, 5.41) is 2.28. The predicted molar refractivity (Wildman–Crippen MR) is 222 cm³/mol. The van der Waals surface area contributed by atoms with Crippen LogP contribution in [0, 0.1) is 5.92 Å². The van der Waals surface area contributed by atoms with Crippen LogP contribution in [-0.2, 0) is 21.7 Å². The average molecular weight is 723 g/mol. The molecule has 280 valence electrons. The molecule has 2 aliphatic carbocycles. The second kappa shape index (κ2) is 15.6. The smallest absolute Gasteiger partial charge is 0.387 e. The highest BCUT2D eigenvalue weighted by Gasteiger charge is 2.32. The molecule has 0 spiro atoms. The van der Waals surface area contributed by atoms with Crippen molar-refractivity contribution in [2.45, 2.75) is 194 Å². The van der Waals surface area contributed by atoms with E-state index in [1.165, 1.54) is 92.6 Å². The Morgan fingerprint density at radius 1 is 0.620 bits per heavy atom. The normalized spacial score (nSPS) is 18.4. The number of hydrogen-bond acceptors (Lipinski definition) is 3. The van der Waals surface area contributed by atoms with Gasteiger partial charge in [-0.1, -0.05) is 141 Å². The lowest BCUT2D eigenvalue weighted by atomic mass is 9.77. The van der Waals surface area contributed by atoms with Gasteiger partial charge in [0.2, 0.25) is 0 Å². The van der Waals surface area contributed by atoms with E-state index in [2.05, 4.69) is 114 Å². The molecule has 1 heterocycles. The van der Waals surface area contributed by atoms with Crippen LogP contribution in [0.4, 0.5) is 0 Å². The van der Waals surface area contributed by atoms with Crippen LogP contribution in [0.25, 0.3) is 21.9 Å². The van der Waals surface area contributed by atoms with Crippen molar-refractivity contribution >= 4 is 38.1 Å². The Hall–Kier alpha value is -1.27. The van der Waals surface area contributed by atoms with Crippen molar-refractivity contribution in [2.75, 3.05) is 12.8 Å². The van der Waals surface area contributed by atoms with Crippen LogP contribution in [0.2, 0.25) is 0 Å². The standard InChI is InChI=1S/C45H72O3P2/c1-31(30-49(34-20-16-14-17-21-34)35-22-18-15-19-23-35)24-25-46-50-47-40-36(26-32(42(2,3)4)28-38(40)44(8,9)10)37-27-33(43(5,6)7)29-39(41(37)48-50)45(11,12)13/h26-29,31,34-35H,14-25,30H2,1-13H3. The molecule has 2 fully saturated rings. The quantitative estimate of drug-likeness (QED) is 0.217. The Bertz CT molecular complexity index is 1520. The molecule has 50 heavy (non-hydrogen) atoms. The molecule has 1 atom stereocenters. The van der Waals surface area contributed by atoms with Gasteiger partial charge in [0.1, 0.15) is 11.2 Å². The Morgan fingerprint density at radius 2 is 1.02 bits per heavy atom. The summed E-state index contributed by atoms with van der Waals surface area (Å²) in [6, 6.07) is 9.53. The summed E-state index contributed by atoms with van der Waals surface area (Å²) >= 11 is 0. The van der Waals surface area contributed by atoms with Crippen molar-refractivity contribution < 1.29 is 12.9 Å². The second-order valence-electron chi connectivity index (χ2n) is 20.2. The molecule has 2 aliphatic rings. The molecule has 1 aromatic heterocycles. The molecule has 5 heteroatoms. The third-order valence-corrected chi connectivity index (χ3v) is 16.6. The van der Waals surface area contributed by atoms with Gasteiger partial charge < -0.3 is 8.39 Å². The molecule has 2 aromatic carbocycles. The van der Waals surface area contributed by atoms with E-state index in [1.807, 2.05) is 0 Å². The van der Waals surface area contributed by atoms with Crippen LogP contribution >= 0.6 is 16.2 Å². The van der Waals surface area contributed by atoms with Crippen molar-refractivity contribution in [1.82, 2.24) is 0 Å². The van der Waals surface area contributed by atoms with Crippen LogP contribution in [-0.4, -0.2) is 24.1 Å². The molecular weight excluding hydrogens is 650 g/mol. The molecule has 0 aliphatic heterocycles. The summed E-state index contributed by atoms with van der Waals surface area (Å²) in [5.41, 5.74) is 8.72. The molecule has 5 rings (SSSR count). The molecule has 2 saturated carbocycles. The first-order valence-corrected chi connectivity index (χ1v) is 22.9. The van der Waals surface area contributed by atoms with Crippen LogP contribution in [0.5, 0.6) is 0 Å². The minimum atomic E-state index is -1.64. The molecule has 0 bridgehead atoms. The zero-order chi connectivity index (χ0) is 36.6. The summed E-state index contributed by atoms with van der Waals surface area (Å²) in [6.45, 7) is 30.9. The number of rotatable bonds is 8. The second-order valence-corrected chi connectivity index (χ2v) is 24.1. The van der Waals surface area contributed by atoms with E-state index in [1.54, 1.807) is 0 Å². The summed E-state index contributed by atoms with van der Waals surface area (Å²) in [4.78, 5) is 0. The van der Waals surface area contributed by atoms with Gasteiger partial charge in [-0.05, 0) is 100 Å². The van der Waals surface area contributed by atoms with E-state index in [9.17, 15) is 0 Å². The van der Waals surface area contributed by atoms with Crippen molar-refractivity contribution in [3.8, 4) is 0 Å². The van der Waals surface area contributed by atoms with Gasteiger partial charge in [-0.15, -0.1) is 7.92 Å². The van der Waals surface area contributed by atoms with E-state index in [4.69, 9.17) is 12.9 Å². The fourth-order valence-corrected chi connectivity index (χ4v) is 13.5. The molecule has 3 nitrogen and oxygen atoms in total. The van der Waals surface area contributed by atoms with Crippen LogP contribution in [0.1, 0.15) is 183 Å². The van der Waals surface area contributed by atoms with Crippen molar-refractivity contribution in [3.63, 3.8) is 0 Å². The van der Waals surface area contributed by atoms with Crippen LogP contribution < -0.4 is 4.52 Å². The molecule has 0 radical (unpaired) electrons. The Morgan fingerprint density at radius 3 is 1.38 bits per heavy atom. The van der Waals surface area contributed by atoms with Gasteiger partial charge in [0.05, 0.1) is 6.61 Å². The maximum absolute atomic E-state index is 7.04. The monoisotopic (exact) mass is 722 g/mol. The largest absolute Gasteiger partial charge is 0.399 e. The third-order valence-electron chi connectivity index (χ3n) is 11.6. The fourth-order valence-electron chi connectivity index (χ4n) is 8.26. The van der Waals surface area contributed by atoms with Crippen molar-refractivity contribution in [3.05, 3.63) is 46.5 Å². The Balaban J connectivity index is 1.58. The van der Waals surface area contributed by atoms with E-state index in [0.717, 1.165) is 39.7 Å². The van der Waals surface area contributed by atoms with Crippen LogP contribution in [0.15, 0.2) is 32.7 Å². The number of hydrogen-bond donors (Lipinski definition) is 0. The van der Waals surface area contributed by atoms with Gasteiger partial charge in [0.25, 0.3) is 0 Å². The highest BCUT2D eigenvalue weighted by atomic mass is 31.1. The first-order chi connectivity index (χ1) is 23.2. The lowest BCUT2D eigenvalue weighted by molar-refractivity contribution is 0.339. The first kappa shape index (κ1) is 39.9. The van der Waals surface area contributed by atoms with Gasteiger partial charge in [-0.3, -0.25) is 4.52 Å². The molecule has 3 aromatic rings. The predicted octanol–water partition coefficient (Wildman–Crippen LogP) is 15.1. The molecule has 1 unspecified atom stereocenters. The zero-order valence-electron chi connectivity index (χ0n) is 34.4. The van der Waals surface area contributed by atoms with Gasteiger partial charge in [-0.2, -0.15) is 0 Å². The van der Waals surface area contributed by atoms with E-state index in [-0.39, 0.29) is 29.6 Å². The Kier molecular flexibility index (Phi) is 12.5. The van der Waals surface area contributed by atoms with E-state index >= 15 is 0 Å². The molecular formula is C45H72O3P2. The lowest BCUT2D eigenvalue weighted by Gasteiger charge is -2.40. The SMILES string of the molecule is CC(CCOp1oc2c(C(C)(C)C)cc(C(C)(C)C)cc2c2cc(C(C)(C)C)cc(C(C)(C)C)c2o1)CP(C1CCCCC1)C1CCCCC1. The average Bonchev–Trinajstić information content (AvgIpc) is 3.18. The van der Waals surface area contributed by atoms with Crippen molar-refractivity contribution in [2.24, 2.45) is 5.92 Å². The highest BCUT2D eigenvalue weighted by Crippen LogP contribution is 2.57. The van der Waals surface area contributed by atoms with Gasteiger partial charge >= 0.3 is 8.24 Å². The summed E-state index contributed by atoms with van der Waals surface area (Å²) < 4.78 is 20.8. The zero-order valence-corrected chi connectivity index (χ0v) is 36.1. The molecule has 0 N–H and O–H groups in total. The number of benzene rings is 2. The number of fused-ring (bicyclic) bond motifs is 3. The van der Waals surface area contributed by atoms with Gasteiger partial charge in [0.15, 0.2) is 0 Å². The highest BCUT2D eigenvalue weighted by molar-refractivity contribution is 7.59. The summed E-state index contributed by atoms with van der Waals surface area (Å²) in [5.74, 6) is 0.658. The van der Waals surface area contributed by atoms with E-state index < -0.39 is 8.24 Å². The van der Waals surface area contributed by atoms with Gasteiger partial charge in [0, 0.05) is 21.9 Å². The van der Waals surface area contributed by atoms with Crippen LogP contribution in [0.3, 0.4) is 0 Å². The van der Waals surface area contributed by atoms with E-state index in [0.29, 0.717) is 12.5 Å². The summed E-state index contributed by atoms with van der Waals surface area (Å²) in [6.07, 6.45) is 17.1. The fraction of sp³-hybridized carbons (Fsp3) is 0.733. The molecule has 0 amide bonds. The summed E-state index contributed by atoms with van der Waals surface area (Å²) in [7, 11) is -1.56. The third kappa shape index (κ3) is 9.63.